The van der Waals surface area contributed by atoms with E-state index in [9.17, 15) is 4.79 Å². The van der Waals surface area contributed by atoms with Crippen LogP contribution < -0.4 is 10.2 Å². The van der Waals surface area contributed by atoms with E-state index in [-0.39, 0.29) is 17.7 Å². The molecular weight excluding hydrogens is 318 g/mol. The number of aromatic nitrogens is 3. The molecule has 0 radical (unpaired) electrons. The van der Waals surface area contributed by atoms with Gasteiger partial charge < -0.3 is 15.0 Å². The van der Waals surface area contributed by atoms with Crippen LogP contribution >= 0.6 is 0 Å². The van der Waals surface area contributed by atoms with Crippen LogP contribution in [0.2, 0.25) is 0 Å². The molecule has 1 aliphatic heterocycles. The van der Waals surface area contributed by atoms with E-state index in [0.717, 1.165) is 24.3 Å². The Kier molecular flexibility index (Phi) is 5.90. The minimum Gasteiger partial charge on any atom is -0.384 e. The van der Waals surface area contributed by atoms with Crippen molar-refractivity contribution in [2.24, 2.45) is 11.8 Å². The SMILES string of the molecule is COC[C@@H]1CN(c2cnccn2)C[C@H]1C(=O)NCCc1ccncc1. The lowest BCUT2D eigenvalue weighted by molar-refractivity contribution is -0.126. The number of pyridine rings is 1. The Morgan fingerprint density at radius 3 is 2.80 bits per heavy atom. The minimum atomic E-state index is -0.112. The molecule has 1 saturated heterocycles. The highest BCUT2D eigenvalue weighted by atomic mass is 16.5. The lowest BCUT2D eigenvalue weighted by atomic mass is 9.96. The highest BCUT2D eigenvalue weighted by Gasteiger charge is 2.38. The van der Waals surface area contributed by atoms with Crippen molar-refractivity contribution < 1.29 is 9.53 Å². The van der Waals surface area contributed by atoms with Gasteiger partial charge in [0.05, 0.1) is 18.7 Å². The summed E-state index contributed by atoms with van der Waals surface area (Å²) in [6, 6.07) is 3.93. The molecule has 0 spiro atoms. The number of nitrogens with one attached hydrogen (secondary N) is 1. The summed E-state index contributed by atoms with van der Waals surface area (Å²) in [5.41, 5.74) is 1.16. The van der Waals surface area contributed by atoms with Gasteiger partial charge in [0.1, 0.15) is 5.82 Å². The van der Waals surface area contributed by atoms with Gasteiger partial charge in [0.2, 0.25) is 5.91 Å². The third kappa shape index (κ3) is 4.51. The van der Waals surface area contributed by atoms with Gasteiger partial charge in [0.15, 0.2) is 0 Å². The van der Waals surface area contributed by atoms with Crippen molar-refractivity contribution in [2.75, 3.05) is 38.3 Å². The molecule has 2 aromatic rings. The molecule has 1 N–H and O–H groups in total. The Morgan fingerprint density at radius 2 is 2.08 bits per heavy atom. The molecule has 0 bridgehead atoms. The van der Waals surface area contributed by atoms with Crippen LogP contribution in [0.1, 0.15) is 5.56 Å². The zero-order valence-electron chi connectivity index (χ0n) is 14.3. The second-order valence-corrected chi connectivity index (χ2v) is 6.19. The number of carbonyl (C=O) groups excluding carboxylic acids is 1. The molecule has 7 heteroatoms. The molecule has 0 aliphatic carbocycles. The van der Waals surface area contributed by atoms with Crippen molar-refractivity contribution in [1.29, 1.82) is 0 Å². The van der Waals surface area contributed by atoms with E-state index in [1.807, 2.05) is 12.1 Å². The van der Waals surface area contributed by atoms with Crippen molar-refractivity contribution in [3.8, 4) is 0 Å². The number of amides is 1. The van der Waals surface area contributed by atoms with Crippen molar-refractivity contribution in [3.05, 3.63) is 48.7 Å². The van der Waals surface area contributed by atoms with Crippen LogP contribution in [0.3, 0.4) is 0 Å². The maximum Gasteiger partial charge on any atom is 0.225 e. The molecule has 0 unspecified atom stereocenters. The molecule has 3 heterocycles. The minimum absolute atomic E-state index is 0.0718. The average molecular weight is 341 g/mol. The second kappa shape index (κ2) is 8.53. The Hall–Kier alpha value is -2.54. The van der Waals surface area contributed by atoms with E-state index in [0.29, 0.717) is 19.7 Å². The number of rotatable bonds is 7. The highest BCUT2D eigenvalue weighted by molar-refractivity contribution is 5.80. The number of carbonyl (C=O) groups is 1. The topological polar surface area (TPSA) is 80.2 Å². The molecule has 132 valence electrons. The third-order valence-electron chi connectivity index (χ3n) is 4.49. The molecule has 25 heavy (non-hydrogen) atoms. The van der Waals surface area contributed by atoms with Gasteiger partial charge >= 0.3 is 0 Å². The van der Waals surface area contributed by atoms with E-state index in [1.165, 1.54) is 0 Å². The molecule has 2 atom stereocenters. The predicted molar refractivity (Wildman–Crippen MR) is 94.1 cm³/mol. The van der Waals surface area contributed by atoms with Crippen LogP contribution in [-0.4, -0.2) is 54.2 Å². The van der Waals surface area contributed by atoms with E-state index in [1.54, 1.807) is 38.1 Å². The molecule has 1 amide bonds. The quantitative estimate of drug-likeness (QED) is 0.807. The van der Waals surface area contributed by atoms with Gasteiger partial charge in [-0.25, -0.2) is 4.98 Å². The monoisotopic (exact) mass is 341 g/mol. The fourth-order valence-electron chi connectivity index (χ4n) is 3.20. The number of hydrogen-bond acceptors (Lipinski definition) is 6. The van der Waals surface area contributed by atoms with Crippen molar-refractivity contribution in [3.63, 3.8) is 0 Å². The first-order valence-electron chi connectivity index (χ1n) is 8.44. The zero-order valence-corrected chi connectivity index (χ0v) is 14.3. The van der Waals surface area contributed by atoms with E-state index in [4.69, 9.17) is 4.74 Å². The number of nitrogens with zero attached hydrogens (tertiary/aromatic N) is 4. The van der Waals surface area contributed by atoms with Gasteiger partial charge in [-0.1, -0.05) is 0 Å². The van der Waals surface area contributed by atoms with Crippen LogP contribution in [0.25, 0.3) is 0 Å². The Labute approximate surface area is 147 Å². The molecule has 1 aliphatic rings. The lowest BCUT2D eigenvalue weighted by Gasteiger charge is -2.17. The maximum absolute atomic E-state index is 12.7. The van der Waals surface area contributed by atoms with Crippen molar-refractivity contribution in [1.82, 2.24) is 20.3 Å². The van der Waals surface area contributed by atoms with E-state index in [2.05, 4.69) is 25.2 Å². The van der Waals surface area contributed by atoms with Crippen LogP contribution in [0, 0.1) is 11.8 Å². The first-order valence-corrected chi connectivity index (χ1v) is 8.44. The molecule has 2 aromatic heterocycles. The van der Waals surface area contributed by atoms with Crippen LogP contribution in [0.4, 0.5) is 5.82 Å². The summed E-state index contributed by atoms with van der Waals surface area (Å²) in [7, 11) is 1.67. The van der Waals surface area contributed by atoms with Gasteiger partial charge in [0, 0.05) is 57.4 Å². The highest BCUT2D eigenvalue weighted by Crippen LogP contribution is 2.27. The molecule has 0 saturated carbocycles. The fourth-order valence-corrected chi connectivity index (χ4v) is 3.20. The van der Waals surface area contributed by atoms with Gasteiger partial charge in [-0.3, -0.25) is 14.8 Å². The number of hydrogen-bond donors (Lipinski definition) is 1. The van der Waals surface area contributed by atoms with Gasteiger partial charge in [0.25, 0.3) is 0 Å². The molecular formula is C18H23N5O2. The summed E-state index contributed by atoms with van der Waals surface area (Å²) in [5.74, 6) is 0.908. The third-order valence-corrected chi connectivity index (χ3v) is 4.49. The first-order chi connectivity index (χ1) is 12.3. The molecule has 0 aromatic carbocycles. The number of ether oxygens (including phenoxy) is 1. The summed E-state index contributed by atoms with van der Waals surface area (Å²) in [5, 5.41) is 3.06. The summed E-state index contributed by atoms with van der Waals surface area (Å²) in [6.07, 6.45) is 9.37. The van der Waals surface area contributed by atoms with Crippen LogP contribution in [0.5, 0.6) is 0 Å². The van der Waals surface area contributed by atoms with E-state index < -0.39 is 0 Å². The van der Waals surface area contributed by atoms with Gasteiger partial charge in [-0.05, 0) is 24.1 Å². The summed E-state index contributed by atoms with van der Waals surface area (Å²) < 4.78 is 5.31. The Bertz CT molecular complexity index is 668. The molecule has 1 fully saturated rings. The maximum atomic E-state index is 12.7. The Morgan fingerprint density at radius 1 is 1.24 bits per heavy atom. The number of anilines is 1. The summed E-state index contributed by atoms with van der Waals surface area (Å²) in [6.45, 7) is 2.55. The first kappa shape index (κ1) is 17.3. The largest absolute Gasteiger partial charge is 0.384 e. The summed E-state index contributed by atoms with van der Waals surface area (Å²) >= 11 is 0. The summed E-state index contributed by atoms with van der Waals surface area (Å²) in [4.78, 5) is 27.2. The number of methoxy groups -OCH3 is 1. The Balaban J connectivity index is 1.57. The van der Waals surface area contributed by atoms with Crippen LogP contribution in [0.15, 0.2) is 43.1 Å². The standard InChI is InChI=1S/C18H23N5O2/c1-25-13-15-11-23(17-10-20-8-9-21-17)12-16(15)18(24)22-7-4-14-2-5-19-6-3-14/h2-3,5-6,8-10,15-16H,4,7,11-13H2,1H3,(H,22,24)/t15-,16+/m0/s1. The average Bonchev–Trinajstić information content (AvgIpc) is 3.08. The predicted octanol–water partition coefficient (Wildman–Crippen LogP) is 0.929. The van der Waals surface area contributed by atoms with Gasteiger partial charge in [-0.2, -0.15) is 0 Å². The van der Waals surface area contributed by atoms with Crippen LogP contribution in [-0.2, 0) is 16.0 Å². The van der Waals surface area contributed by atoms with Crippen molar-refractivity contribution >= 4 is 11.7 Å². The smallest absolute Gasteiger partial charge is 0.225 e. The van der Waals surface area contributed by atoms with E-state index >= 15 is 0 Å². The van der Waals surface area contributed by atoms with Gasteiger partial charge in [-0.15, -0.1) is 0 Å². The fraction of sp³-hybridized carbons (Fsp3) is 0.444. The zero-order chi connectivity index (χ0) is 17.5. The molecule has 7 nitrogen and oxygen atoms in total. The van der Waals surface area contributed by atoms with Crippen molar-refractivity contribution in [2.45, 2.75) is 6.42 Å². The molecule has 3 rings (SSSR count). The lowest BCUT2D eigenvalue weighted by Crippen LogP contribution is -2.37. The second-order valence-electron chi connectivity index (χ2n) is 6.19. The normalized spacial score (nSPS) is 19.8.